The summed E-state index contributed by atoms with van der Waals surface area (Å²) in [5.41, 5.74) is -0.153. The zero-order valence-corrected chi connectivity index (χ0v) is 12.6. The Labute approximate surface area is 127 Å². The summed E-state index contributed by atoms with van der Waals surface area (Å²) in [7, 11) is 0. The van der Waals surface area contributed by atoms with Gasteiger partial charge in [0.1, 0.15) is 18.3 Å². The Hall–Kier alpha value is -1.01. The van der Waals surface area contributed by atoms with Crippen molar-refractivity contribution in [2.45, 2.75) is 26.1 Å². The van der Waals surface area contributed by atoms with E-state index >= 15 is 0 Å². The van der Waals surface area contributed by atoms with Gasteiger partial charge in [-0.2, -0.15) is 0 Å². The number of rotatable bonds is 7. The van der Waals surface area contributed by atoms with Crippen molar-refractivity contribution in [1.29, 1.82) is 0 Å². The summed E-state index contributed by atoms with van der Waals surface area (Å²) in [6, 6.07) is 2.62. The number of aromatic carboxylic acids is 1. The molecule has 0 aliphatic heterocycles. The summed E-state index contributed by atoms with van der Waals surface area (Å²) in [5.74, 6) is -1.23. The molecule has 1 aromatic carbocycles. The molecule has 0 fully saturated rings. The summed E-state index contributed by atoms with van der Waals surface area (Å²) in [6.07, 6.45) is -0.899. The van der Waals surface area contributed by atoms with Gasteiger partial charge in [-0.15, -0.1) is 0 Å². The third-order valence-electron chi connectivity index (χ3n) is 2.28. The number of carbonyl (C=O) groups is 1. The van der Waals surface area contributed by atoms with Crippen molar-refractivity contribution in [2.24, 2.45) is 0 Å². The highest BCUT2D eigenvalue weighted by Crippen LogP contribution is 2.32. The van der Waals surface area contributed by atoms with Crippen LogP contribution in [0.1, 0.15) is 24.2 Å². The molecule has 1 aromatic rings. The summed E-state index contributed by atoms with van der Waals surface area (Å²) >= 11 is 11.6. The van der Waals surface area contributed by atoms with Gasteiger partial charge in [0.15, 0.2) is 5.75 Å². The van der Waals surface area contributed by atoms with Crippen LogP contribution in [0.15, 0.2) is 12.1 Å². The predicted molar refractivity (Wildman–Crippen MR) is 76.0 cm³/mol. The van der Waals surface area contributed by atoms with Crippen LogP contribution in [0.25, 0.3) is 0 Å². The van der Waals surface area contributed by atoms with E-state index < -0.39 is 12.1 Å². The number of halogens is 2. The molecule has 0 amide bonds. The van der Waals surface area contributed by atoms with Crippen LogP contribution in [-0.4, -0.2) is 41.6 Å². The number of carboxylic acids is 1. The summed E-state index contributed by atoms with van der Waals surface area (Å²) in [4.78, 5) is 11.1. The fourth-order valence-corrected chi connectivity index (χ4v) is 1.95. The van der Waals surface area contributed by atoms with Gasteiger partial charge in [0.05, 0.1) is 17.7 Å². The Kier molecular flexibility index (Phi) is 6.55. The molecule has 0 radical (unpaired) electrons. The molecule has 0 bridgehead atoms. The van der Waals surface area contributed by atoms with E-state index in [0.29, 0.717) is 0 Å². The Morgan fingerprint density at radius 3 is 2.50 bits per heavy atom. The number of ether oxygens (including phenoxy) is 2. The van der Waals surface area contributed by atoms with E-state index in [1.165, 1.54) is 12.1 Å². The van der Waals surface area contributed by atoms with Crippen molar-refractivity contribution in [3.63, 3.8) is 0 Å². The molecule has 0 saturated heterocycles. The monoisotopic (exact) mass is 322 g/mol. The Morgan fingerprint density at radius 2 is 1.95 bits per heavy atom. The third-order valence-corrected chi connectivity index (χ3v) is 2.78. The molecule has 0 heterocycles. The number of hydrogen-bond donors (Lipinski definition) is 2. The maximum Gasteiger partial charge on any atom is 0.339 e. The first-order chi connectivity index (χ1) is 9.31. The second kappa shape index (κ2) is 7.69. The van der Waals surface area contributed by atoms with Gasteiger partial charge in [-0.05, 0) is 26.0 Å². The van der Waals surface area contributed by atoms with E-state index in [1.54, 1.807) is 0 Å². The van der Waals surface area contributed by atoms with Crippen LogP contribution in [0.3, 0.4) is 0 Å². The van der Waals surface area contributed by atoms with Crippen LogP contribution in [0.4, 0.5) is 0 Å². The topological polar surface area (TPSA) is 76.0 Å². The van der Waals surface area contributed by atoms with Crippen LogP contribution in [0.5, 0.6) is 5.75 Å². The lowest BCUT2D eigenvalue weighted by atomic mass is 10.2. The van der Waals surface area contributed by atoms with Gasteiger partial charge in [-0.1, -0.05) is 23.2 Å². The first-order valence-electron chi connectivity index (χ1n) is 5.96. The van der Waals surface area contributed by atoms with Gasteiger partial charge in [0, 0.05) is 5.02 Å². The molecule has 0 aliphatic rings. The highest BCUT2D eigenvalue weighted by atomic mass is 35.5. The molecule has 2 N–H and O–H groups in total. The zero-order valence-electron chi connectivity index (χ0n) is 11.1. The lowest BCUT2D eigenvalue weighted by molar-refractivity contribution is -0.0124. The van der Waals surface area contributed by atoms with E-state index in [1.807, 2.05) is 13.8 Å². The highest BCUT2D eigenvalue weighted by Gasteiger charge is 2.18. The molecule has 0 spiro atoms. The summed E-state index contributed by atoms with van der Waals surface area (Å²) < 4.78 is 10.5. The first-order valence-corrected chi connectivity index (χ1v) is 6.71. The Balaban J connectivity index is 2.74. The lowest BCUT2D eigenvalue weighted by Crippen LogP contribution is -2.25. The number of aliphatic hydroxyl groups is 1. The van der Waals surface area contributed by atoms with E-state index in [2.05, 4.69) is 0 Å². The van der Waals surface area contributed by atoms with Crippen LogP contribution < -0.4 is 4.74 Å². The van der Waals surface area contributed by atoms with Crippen LogP contribution >= 0.6 is 23.2 Å². The zero-order chi connectivity index (χ0) is 15.3. The van der Waals surface area contributed by atoms with E-state index in [-0.39, 0.29) is 40.7 Å². The fraction of sp³-hybridized carbons (Fsp3) is 0.462. The molecular formula is C13H16Cl2O5. The average Bonchev–Trinajstić information content (AvgIpc) is 2.34. The quantitative estimate of drug-likeness (QED) is 0.807. The second-order valence-electron chi connectivity index (χ2n) is 4.42. The third kappa shape index (κ3) is 5.17. The second-order valence-corrected chi connectivity index (χ2v) is 5.26. The first kappa shape index (κ1) is 17.0. The van der Waals surface area contributed by atoms with Crippen LogP contribution in [0, 0.1) is 0 Å². The van der Waals surface area contributed by atoms with E-state index in [0.717, 1.165) is 0 Å². The average molecular weight is 323 g/mol. The van der Waals surface area contributed by atoms with Crippen molar-refractivity contribution in [3.8, 4) is 5.75 Å². The summed E-state index contributed by atoms with van der Waals surface area (Å²) in [5, 5.41) is 19.0. The molecule has 1 unspecified atom stereocenters. The molecule has 20 heavy (non-hydrogen) atoms. The maximum atomic E-state index is 11.1. The highest BCUT2D eigenvalue weighted by molar-refractivity contribution is 6.36. The smallest absolute Gasteiger partial charge is 0.339 e. The van der Waals surface area contributed by atoms with Crippen LogP contribution in [0.2, 0.25) is 10.0 Å². The predicted octanol–water partition coefficient (Wildman–Crippen LogP) is 2.86. The fourth-order valence-electron chi connectivity index (χ4n) is 1.40. The number of aliphatic hydroxyl groups excluding tert-OH is 1. The lowest BCUT2D eigenvalue weighted by Gasteiger charge is -2.16. The van der Waals surface area contributed by atoms with Gasteiger partial charge in [0.2, 0.25) is 0 Å². The number of carboxylic acid groups (broad SMARTS) is 1. The number of hydrogen-bond acceptors (Lipinski definition) is 4. The molecule has 5 nitrogen and oxygen atoms in total. The molecule has 0 aliphatic carbocycles. The van der Waals surface area contributed by atoms with Gasteiger partial charge in [-0.25, -0.2) is 4.79 Å². The van der Waals surface area contributed by atoms with Gasteiger partial charge < -0.3 is 19.7 Å². The largest absolute Gasteiger partial charge is 0.488 e. The van der Waals surface area contributed by atoms with Crippen molar-refractivity contribution >= 4 is 29.2 Å². The molecule has 0 saturated carbocycles. The van der Waals surface area contributed by atoms with Crippen molar-refractivity contribution in [3.05, 3.63) is 27.7 Å². The van der Waals surface area contributed by atoms with Crippen molar-refractivity contribution in [1.82, 2.24) is 0 Å². The molecule has 112 valence electrons. The number of benzene rings is 1. The minimum absolute atomic E-state index is 0.0154. The molecule has 1 rings (SSSR count). The molecule has 0 aromatic heterocycles. The molecule has 1 atom stereocenters. The SMILES string of the molecule is CC(C)OCC(O)COc1c(Cl)cc(Cl)cc1C(=O)O. The molecular weight excluding hydrogens is 307 g/mol. The minimum Gasteiger partial charge on any atom is -0.488 e. The normalized spacial score (nSPS) is 12.5. The Morgan fingerprint density at radius 1 is 1.30 bits per heavy atom. The Bertz CT molecular complexity index is 476. The van der Waals surface area contributed by atoms with Crippen molar-refractivity contribution < 1.29 is 24.5 Å². The van der Waals surface area contributed by atoms with Gasteiger partial charge in [-0.3, -0.25) is 0 Å². The van der Waals surface area contributed by atoms with E-state index in [9.17, 15) is 9.90 Å². The standard InChI is InChI=1S/C13H16Cl2O5/c1-7(2)19-5-9(16)6-20-12-10(13(17)18)3-8(14)4-11(12)15/h3-4,7,9,16H,5-6H2,1-2H3,(H,17,18). The van der Waals surface area contributed by atoms with Crippen molar-refractivity contribution in [2.75, 3.05) is 13.2 Å². The van der Waals surface area contributed by atoms with E-state index in [4.69, 9.17) is 37.8 Å². The summed E-state index contributed by atoms with van der Waals surface area (Å²) in [6.45, 7) is 3.64. The molecule has 7 heteroatoms. The van der Waals surface area contributed by atoms with Crippen LogP contribution in [-0.2, 0) is 4.74 Å². The maximum absolute atomic E-state index is 11.1. The minimum atomic E-state index is -1.21. The van der Waals surface area contributed by atoms with Gasteiger partial charge >= 0.3 is 5.97 Å². The van der Waals surface area contributed by atoms with Gasteiger partial charge in [0.25, 0.3) is 0 Å².